The largest absolute Gasteiger partial charge is 0.361 e. The molecule has 0 aliphatic rings. The molecule has 1 heterocycles. The lowest BCUT2D eigenvalue weighted by molar-refractivity contribution is 0.397. The van der Waals surface area contributed by atoms with Crippen molar-refractivity contribution in [2.24, 2.45) is 0 Å². The summed E-state index contributed by atoms with van der Waals surface area (Å²) < 4.78 is 4.98. The summed E-state index contributed by atoms with van der Waals surface area (Å²) in [6, 6.07) is 0. The molecule has 0 saturated heterocycles. The first-order valence-corrected chi connectivity index (χ1v) is 4.16. The summed E-state index contributed by atoms with van der Waals surface area (Å²) in [5, 5.41) is 3.72. The Bertz CT molecular complexity index is 345. The quantitative estimate of drug-likeness (QED) is 0.659. The van der Waals surface area contributed by atoms with E-state index in [0.717, 1.165) is 16.9 Å². The van der Waals surface area contributed by atoms with Crippen LogP contribution in [-0.4, -0.2) is 5.16 Å². The molecule has 1 aromatic heterocycles. The van der Waals surface area contributed by atoms with Crippen LogP contribution in [0.4, 0.5) is 0 Å². The Morgan fingerprint density at radius 2 is 2.38 bits per heavy atom. The van der Waals surface area contributed by atoms with Gasteiger partial charge >= 0.3 is 0 Å². The van der Waals surface area contributed by atoms with Crippen LogP contribution in [0.5, 0.6) is 0 Å². The number of allylic oxidation sites excluding steroid dienone is 5. The van der Waals surface area contributed by atoms with E-state index in [-0.39, 0.29) is 0 Å². The van der Waals surface area contributed by atoms with E-state index >= 15 is 0 Å². The van der Waals surface area contributed by atoms with Gasteiger partial charge in [0.05, 0.1) is 6.20 Å². The molecule has 0 N–H and O–H groups in total. The SMILES string of the molecule is C=C/C=C(\C=C/C)c1cnoc1C. The Morgan fingerprint density at radius 1 is 1.62 bits per heavy atom. The van der Waals surface area contributed by atoms with E-state index in [1.807, 2.05) is 32.1 Å². The van der Waals surface area contributed by atoms with Crippen molar-refractivity contribution in [1.82, 2.24) is 5.16 Å². The van der Waals surface area contributed by atoms with Gasteiger partial charge in [0.15, 0.2) is 0 Å². The molecule has 0 saturated carbocycles. The summed E-state index contributed by atoms with van der Waals surface area (Å²) in [5.74, 6) is 0.825. The molecule has 0 spiro atoms. The maximum Gasteiger partial charge on any atom is 0.141 e. The molecule has 0 unspecified atom stereocenters. The van der Waals surface area contributed by atoms with Crippen LogP contribution in [0.1, 0.15) is 18.2 Å². The molecular formula is C11H13NO. The molecule has 0 aromatic carbocycles. The third-order valence-corrected chi connectivity index (χ3v) is 1.71. The average Bonchev–Trinajstić information content (AvgIpc) is 2.51. The summed E-state index contributed by atoms with van der Waals surface area (Å²) in [6.45, 7) is 7.52. The Labute approximate surface area is 78.2 Å². The summed E-state index contributed by atoms with van der Waals surface area (Å²) >= 11 is 0. The van der Waals surface area contributed by atoms with Gasteiger partial charge in [-0.3, -0.25) is 0 Å². The van der Waals surface area contributed by atoms with Gasteiger partial charge in [0.2, 0.25) is 0 Å². The highest BCUT2D eigenvalue weighted by atomic mass is 16.5. The van der Waals surface area contributed by atoms with E-state index in [1.54, 1.807) is 12.3 Å². The van der Waals surface area contributed by atoms with Crippen molar-refractivity contribution in [3.8, 4) is 0 Å². The van der Waals surface area contributed by atoms with Crippen molar-refractivity contribution in [3.63, 3.8) is 0 Å². The highest BCUT2D eigenvalue weighted by Gasteiger charge is 2.04. The molecule has 1 rings (SSSR count). The maximum absolute atomic E-state index is 4.98. The Hall–Kier alpha value is -1.57. The fourth-order valence-corrected chi connectivity index (χ4v) is 1.12. The highest BCUT2D eigenvalue weighted by Crippen LogP contribution is 2.19. The van der Waals surface area contributed by atoms with Gasteiger partial charge in [-0.1, -0.05) is 36.0 Å². The van der Waals surface area contributed by atoms with E-state index in [1.165, 1.54) is 0 Å². The molecule has 0 bridgehead atoms. The number of aromatic nitrogens is 1. The van der Waals surface area contributed by atoms with Crippen LogP contribution < -0.4 is 0 Å². The van der Waals surface area contributed by atoms with Crippen LogP contribution in [-0.2, 0) is 0 Å². The van der Waals surface area contributed by atoms with Crippen LogP contribution in [0.2, 0.25) is 0 Å². The Kier molecular flexibility index (Phi) is 3.26. The Balaban J connectivity index is 3.09. The first kappa shape index (κ1) is 9.52. The third kappa shape index (κ3) is 2.18. The highest BCUT2D eigenvalue weighted by molar-refractivity contribution is 5.75. The molecular weight excluding hydrogens is 162 g/mol. The third-order valence-electron chi connectivity index (χ3n) is 1.71. The molecule has 68 valence electrons. The minimum absolute atomic E-state index is 0.825. The van der Waals surface area contributed by atoms with Crippen molar-refractivity contribution >= 4 is 5.57 Å². The molecule has 0 radical (unpaired) electrons. The standard InChI is InChI=1S/C11H13NO/c1-4-6-10(7-5-2)11-8-12-13-9(11)3/h4-8H,1H2,2-3H3/b7-5-,10-6+. The topological polar surface area (TPSA) is 26.0 Å². The van der Waals surface area contributed by atoms with E-state index < -0.39 is 0 Å². The van der Waals surface area contributed by atoms with Gasteiger partial charge in [0.1, 0.15) is 5.76 Å². The van der Waals surface area contributed by atoms with Crippen molar-refractivity contribution < 1.29 is 4.52 Å². The molecule has 0 aliphatic carbocycles. The average molecular weight is 175 g/mol. The summed E-state index contributed by atoms with van der Waals surface area (Å²) in [7, 11) is 0. The fraction of sp³-hybridized carbons (Fsp3) is 0.182. The number of aryl methyl sites for hydroxylation is 1. The van der Waals surface area contributed by atoms with E-state index in [4.69, 9.17) is 4.52 Å². The zero-order chi connectivity index (χ0) is 9.68. The molecule has 2 nitrogen and oxygen atoms in total. The molecule has 0 fully saturated rings. The number of hydrogen-bond donors (Lipinski definition) is 0. The Morgan fingerprint density at radius 3 is 2.85 bits per heavy atom. The second-order valence-electron chi connectivity index (χ2n) is 2.65. The summed E-state index contributed by atoms with van der Waals surface area (Å²) in [6.07, 6.45) is 9.37. The van der Waals surface area contributed by atoms with Crippen LogP contribution in [0.25, 0.3) is 5.57 Å². The van der Waals surface area contributed by atoms with E-state index in [2.05, 4.69) is 11.7 Å². The molecule has 1 aromatic rings. The molecule has 0 aliphatic heterocycles. The minimum Gasteiger partial charge on any atom is -0.361 e. The van der Waals surface area contributed by atoms with Crippen molar-refractivity contribution in [3.05, 3.63) is 48.4 Å². The summed E-state index contributed by atoms with van der Waals surface area (Å²) in [4.78, 5) is 0. The van der Waals surface area contributed by atoms with Gasteiger partial charge in [-0.2, -0.15) is 0 Å². The molecule has 0 amide bonds. The van der Waals surface area contributed by atoms with Crippen molar-refractivity contribution in [1.29, 1.82) is 0 Å². The van der Waals surface area contributed by atoms with Gasteiger partial charge in [-0.25, -0.2) is 0 Å². The van der Waals surface area contributed by atoms with Crippen LogP contribution in [0.3, 0.4) is 0 Å². The first-order valence-electron chi connectivity index (χ1n) is 4.16. The van der Waals surface area contributed by atoms with Gasteiger partial charge in [-0.15, -0.1) is 0 Å². The predicted molar refractivity (Wildman–Crippen MR) is 54.2 cm³/mol. The first-order chi connectivity index (χ1) is 6.29. The zero-order valence-corrected chi connectivity index (χ0v) is 7.95. The number of hydrogen-bond acceptors (Lipinski definition) is 2. The van der Waals surface area contributed by atoms with Crippen LogP contribution >= 0.6 is 0 Å². The van der Waals surface area contributed by atoms with Gasteiger partial charge in [0.25, 0.3) is 0 Å². The van der Waals surface area contributed by atoms with E-state index in [9.17, 15) is 0 Å². The summed E-state index contributed by atoms with van der Waals surface area (Å²) in [5.41, 5.74) is 2.08. The molecule has 0 atom stereocenters. The van der Waals surface area contributed by atoms with Gasteiger partial charge in [-0.05, 0) is 19.4 Å². The lowest BCUT2D eigenvalue weighted by atomic mass is 10.1. The number of nitrogens with zero attached hydrogens (tertiary/aromatic N) is 1. The van der Waals surface area contributed by atoms with Crippen molar-refractivity contribution in [2.45, 2.75) is 13.8 Å². The van der Waals surface area contributed by atoms with Gasteiger partial charge in [0, 0.05) is 5.56 Å². The van der Waals surface area contributed by atoms with Crippen LogP contribution in [0.15, 0.2) is 41.6 Å². The zero-order valence-electron chi connectivity index (χ0n) is 7.95. The lowest BCUT2D eigenvalue weighted by Gasteiger charge is -1.96. The fourth-order valence-electron chi connectivity index (χ4n) is 1.12. The second kappa shape index (κ2) is 4.45. The monoisotopic (exact) mass is 175 g/mol. The number of rotatable bonds is 3. The predicted octanol–water partition coefficient (Wildman–Crippen LogP) is 3.13. The van der Waals surface area contributed by atoms with Crippen molar-refractivity contribution in [2.75, 3.05) is 0 Å². The van der Waals surface area contributed by atoms with Crippen LogP contribution in [0, 0.1) is 6.92 Å². The molecule has 2 heteroatoms. The van der Waals surface area contributed by atoms with E-state index in [0.29, 0.717) is 0 Å². The maximum atomic E-state index is 4.98. The smallest absolute Gasteiger partial charge is 0.141 e. The minimum atomic E-state index is 0.825. The normalized spacial score (nSPS) is 12.3. The second-order valence-corrected chi connectivity index (χ2v) is 2.65. The van der Waals surface area contributed by atoms with Gasteiger partial charge < -0.3 is 4.52 Å². The lowest BCUT2D eigenvalue weighted by Crippen LogP contribution is -1.79. The molecule has 13 heavy (non-hydrogen) atoms.